The molecule has 0 bridgehead atoms. The first-order valence-electron chi connectivity index (χ1n) is 8.25. The fraction of sp³-hybridized carbons (Fsp3) is 0.588. The Morgan fingerprint density at radius 1 is 1.44 bits per heavy atom. The maximum atomic E-state index is 13.4. The first kappa shape index (κ1) is 19.7. The number of carbonyl (C=O) groups is 1. The smallest absolute Gasteiger partial charge is 0.217 e. The molecule has 25 heavy (non-hydrogen) atoms. The highest BCUT2D eigenvalue weighted by Crippen LogP contribution is 2.15. The highest BCUT2D eigenvalue weighted by Gasteiger charge is 2.32. The molecule has 0 unspecified atom stereocenters. The molecule has 0 spiro atoms. The van der Waals surface area contributed by atoms with Crippen LogP contribution in [0.1, 0.15) is 19.4 Å². The molecule has 1 aromatic carbocycles. The third-order valence-electron chi connectivity index (χ3n) is 3.95. The quantitative estimate of drug-likeness (QED) is 0.670. The summed E-state index contributed by atoms with van der Waals surface area (Å²) in [5, 5.41) is 16.4. The van der Waals surface area contributed by atoms with Gasteiger partial charge in [0.05, 0.1) is 24.8 Å². The number of carbonyl (C=O) groups excluding carboxylic acids is 1. The lowest BCUT2D eigenvalue weighted by Crippen LogP contribution is -2.59. The van der Waals surface area contributed by atoms with Crippen LogP contribution in [0.5, 0.6) is 0 Å². The second-order valence-corrected chi connectivity index (χ2v) is 6.01. The number of ether oxygens (including phenoxy) is 2. The van der Waals surface area contributed by atoms with E-state index in [9.17, 15) is 18.7 Å². The minimum absolute atomic E-state index is 0.0858. The summed E-state index contributed by atoms with van der Waals surface area (Å²) < 4.78 is 37.6. The van der Waals surface area contributed by atoms with Crippen molar-refractivity contribution in [2.45, 2.75) is 44.7 Å². The molecule has 0 aromatic heterocycles. The fourth-order valence-corrected chi connectivity index (χ4v) is 2.87. The Bertz CT molecular complexity index is 560. The van der Waals surface area contributed by atoms with E-state index in [-0.39, 0.29) is 25.2 Å². The van der Waals surface area contributed by atoms with Gasteiger partial charge in [-0.2, -0.15) is 0 Å². The number of nitrogens with one attached hydrogen (secondary N) is 2. The molecule has 6 nitrogen and oxygen atoms in total. The Kier molecular flexibility index (Phi) is 7.24. The van der Waals surface area contributed by atoms with E-state index in [1.165, 1.54) is 19.1 Å². The summed E-state index contributed by atoms with van der Waals surface area (Å²) in [4.78, 5) is 11.5. The number of amides is 1. The fourth-order valence-electron chi connectivity index (χ4n) is 2.87. The van der Waals surface area contributed by atoms with E-state index in [1.807, 2.05) is 6.92 Å². The molecule has 140 valence electrons. The summed E-state index contributed by atoms with van der Waals surface area (Å²) in [6.45, 7) is 4.28. The van der Waals surface area contributed by atoms with Gasteiger partial charge >= 0.3 is 0 Å². The van der Waals surface area contributed by atoms with Crippen molar-refractivity contribution in [1.82, 2.24) is 10.6 Å². The van der Waals surface area contributed by atoms with Crippen molar-refractivity contribution in [2.75, 3.05) is 19.8 Å². The summed E-state index contributed by atoms with van der Waals surface area (Å²) in [7, 11) is 0. The minimum Gasteiger partial charge on any atom is -0.389 e. The van der Waals surface area contributed by atoms with Crippen LogP contribution in [0.3, 0.4) is 0 Å². The standard InChI is InChI=1S/C17H24F2N2O4/c1-3-24-16-8-20-15(9-25-16)17(23)14(21-10(2)22)6-11-4-12(18)7-13(19)5-11/h4-5,7,14-17,20,23H,3,6,8-9H2,1-2H3,(H,21,22)/t14-,15+,16-,17-/m0/s1. The van der Waals surface area contributed by atoms with Gasteiger partial charge in [-0.1, -0.05) is 0 Å². The Morgan fingerprint density at radius 3 is 2.64 bits per heavy atom. The molecule has 1 aliphatic rings. The zero-order valence-corrected chi connectivity index (χ0v) is 14.3. The molecule has 1 aliphatic heterocycles. The molecule has 2 rings (SSSR count). The molecule has 1 fully saturated rings. The molecule has 0 radical (unpaired) electrons. The van der Waals surface area contributed by atoms with Crippen LogP contribution in [0.25, 0.3) is 0 Å². The third kappa shape index (κ3) is 6.00. The Balaban J connectivity index is 2.04. The number of hydrogen-bond donors (Lipinski definition) is 3. The van der Waals surface area contributed by atoms with Crippen molar-refractivity contribution in [1.29, 1.82) is 0 Å². The van der Waals surface area contributed by atoms with Crippen LogP contribution in [0, 0.1) is 11.6 Å². The van der Waals surface area contributed by atoms with Gasteiger partial charge in [0, 0.05) is 26.1 Å². The van der Waals surface area contributed by atoms with Crippen LogP contribution in [0.4, 0.5) is 8.78 Å². The lowest BCUT2D eigenvalue weighted by atomic mass is 9.95. The Hall–Kier alpha value is -1.61. The first-order chi connectivity index (χ1) is 11.9. The highest BCUT2D eigenvalue weighted by atomic mass is 19.1. The Labute approximate surface area is 145 Å². The van der Waals surface area contributed by atoms with Gasteiger partial charge in [0.2, 0.25) is 5.91 Å². The number of rotatable bonds is 7. The molecule has 3 N–H and O–H groups in total. The van der Waals surface area contributed by atoms with Crippen molar-refractivity contribution in [3.05, 3.63) is 35.4 Å². The third-order valence-corrected chi connectivity index (χ3v) is 3.95. The van der Waals surface area contributed by atoms with E-state index in [4.69, 9.17) is 9.47 Å². The minimum atomic E-state index is -1.00. The van der Waals surface area contributed by atoms with Crippen LogP contribution in [-0.4, -0.2) is 55.2 Å². The van der Waals surface area contributed by atoms with Crippen molar-refractivity contribution in [2.24, 2.45) is 0 Å². The maximum absolute atomic E-state index is 13.4. The maximum Gasteiger partial charge on any atom is 0.217 e. The van der Waals surface area contributed by atoms with E-state index in [0.717, 1.165) is 6.07 Å². The topological polar surface area (TPSA) is 79.8 Å². The van der Waals surface area contributed by atoms with Crippen LogP contribution >= 0.6 is 0 Å². The molecule has 0 aliphatic carbocycles. The average molecular weight is 358 g/mol. The molecule has 1 aromatic rings. The predicted molar refractivity (Wildman–Crippen MR) is 86.8 cm³/mol. The van der Waals surface area contributed by atoms with E-state index >= 15 is 0 Å². The zero-order chi connectivity index (χ0) is 18.4. The molecule has 1 heterocycles. The number of aliphatic hydroxyl groups excluding tert-OH is 1. The van der Waals surface area contributed by atoms with E-state index < -0.39 is 29.8 Å². The second-order valence-electron chi connectivity index (χ2n) is 6.01. The molecule has 8 heteroatoms. The molecule has 1 saturated heterocycles. The molecule has 4 atom stereocenters. The van der Waals surface area contributed by atoms with Crippen molar-refractivity contribution in [3.8, 4) is 0 Å². The summed E-state index contributed by atoms with van der Waals surface area (Å²) in [6.07, 6.45) is -1.30. The van der Waals surface area contributed by atoms with Crippen LogP contribution < -0.4 is 10.6 Å². The molecule has 1 amide bonds. The van der Waals surface area contributed by atoms with Gasteiger partial charge in [0.25, 0.3) is 0 Å². The van der Waals surface area contributed by atoms with Crippen molar-refractivity contribution >= 4 is 5.91 Å². The zero-order valence-electron chi connectivity index (χ0n) is 14.3. The van der Waals surface area contributed by atoms with Gasteiger partial charge < -0.3 is 25.2 Å². The summed E-state index contributed by atoms with van der Waals surface area (Å²) in [6, 6.07) is 1.98. The van der Waals surface area contributed by atoms with E-state index in [1.54, 1.807) is 0 Å². The summed E-state index contributed by atoms with van der Waals surface area (Å²) in [5.41, 5.74) is 0.347. The van der Waals surface area contributed by atoms with Gasteiger partial charge in [0.1, 0.15) is 11.6 Å². The number of hydrogen-bond acceptors (Lipinski definition) is 5. The number of benzene rings is 1. The first-order valence-corrected chi connectivity index (χ1v) is 8.25. The monoisotopic (exact) mass is 358 g/mol. The highest BCUT2D eigenvalue weighted by molar-refractivity contribution is 5.73. The lowest BCUT2D eigenvalue weighted by molar-refractivity contribution is -0.169. The SMILES string of the molecule is CCO[C@@H]1CN[C@@H]([C@@H](O)[C@H](Cc2cc(F)cc(F)c2)NC(C)=O)CO1. The van der Waals surface area contributed by atoms with Gasteiger partial charge in [-0.05, 0) is 31.0 Å². The van der Waals surface area contributed by atoms with Crippen LogP contribution in [0.15, 0.2) is 18.2 Å². The predicted octanol–water partition coefficient (Wildman–Crippen LogP) is 0.724. The van der Waals surface area contributed by atoms with Crippen LogP contribution in [0.2, 0.25) is 0 Å². The number of aliphatic hydroxyl groups is 1. The van der Waals surface area contributed by atoms with Crippen LogP contribution in [-0.2, 0) is 20.7 Å². The van der Waals surface area contributed by atoms with Gasteiger partial charge in [0.15, 0.2) is 6.29 Å². The van der Waals surface area contributed by atoms with Gasteiger partial charge in [-0.15, -0.1) is 0 Å². The molecular weight excluding hydrogens is 334 g/mol. The largest absolute Gasteiger partial charge is 0.389 e. The van der Waals surface area contributed by atoms with Gasteiger partial charge in [-0.3, -0.25) is 4.79 Å². The second kappa shape index (κ2) is 9.19. The van der Waals surface area contributed by atoms with Crippen molar-refractivity contribution in [3.63, 3.8) is 0 Å². The summed E-state index contributed by atoms with van der Waals surface area (Å²) >= 11 is 0. The van der Waals surface area contributed by atoms with E-state index in [0.29, 0.717) is 18.7 Å². The van der Waals surface area contributed by atoms with E-state index in [2.05, 4.69) is 10.6 Å². The number of morpholine rings is 1. The average Bonchev–Trinajstić information content (AvgIpc) is 2.53. The Morgan fingerprint density at radius 2 is 2.12 bits per heavy atom. The normalized spacial score (nSPS) is 23.1. The summed E-state index contributed by atoms with van der Waals surface area (Å²) in [5.74, 6) is -1.75. The van der Waals surface area contributed by atoms with Gasteiger partial charge in [-0.25, -0.2) is 8.78 Å². The lowest BCUT2D eigenvalue weighted by Gasteiger charge is -2.36. The molecule has 0 saturated carbocycles. The number of halogens is 2. The molecular formula is C17H24F2N2O4. The van der Waals surface area contributed by atoms with Crippen molar-refractivity contribution < 1.29 is 28.2 Å².